The molecule has 1 aromatic carbocycles. The summed E-state index contributed by atoms with van der Waals surface area (Å²) >= 11 is 5.92. The van der Waals surface area contributed by atoms with Crippen molar-refractivity contribution in [3.63, 3.8) is 0 Å². The Labute approximate surface area is 105 Å². The van der Waals surface area contributed by atoms with E-state index < -0.39 is 0 Å². The molecule has 1 saturated carbocycles. The lowest BCUT2D eigenvalue weighted by Gasteiger charge is -2.31. The monoisotopic (exact) mass is 254 g/mol. The van der Waals surface area contributed by atoms with Crippen LogP contribution in [0.4, 0.5) is 5.69 Å². The van der Waals surface area contributed by atoms with E-state index in [0.717, 1.165) is 12.8 Å². The topological polar surface area (TPSA) is 64.3 Å². The molecule has 1 aliphatic rings. The van der Waals surface area contributed by atoms with Gasteiger partial charge in [-0.1, -0.05) is 23.7 Å². The Morgan fingerprint density at radius 2 is 2.18 bits per heavy atom. The first-order chi connectivity index (χ1) is 8.15. The van der Waals surface area contributed by atoms with E-state index in [-0.39, 0.29) is 24.7 Å². The molecule has 3 N–H and O–H groups in total. The largest absolute Gasteiger partial charge is 0.368 e. The lowest BCUT2D eigenvalue weighted by molar-refractivity contribution is -0.124. The Balaban J connectivity index is 1.76. The summed E-state index contributed by atoms with van der Waals surface area (Å²) in [5.74, 6) is -0.196. The van der Waals surface area contributed by atoms with Gasteiger partial charge in [0.25, 0.3) is 0 Å². The predicted octanol–water partition coefficient (Wildman–Crippen LogP) is 1.78. The number of benzene rings is 1. The summed E-state index contributed by atoms with van der Waals surface area (Å²) in [4.78, 5) is 11.6. The summed E-state index contributed by atoms with van der Waals surface area (Å²) in [6.07, 6.45) is 1.79. The zero-order valence-electron chi connectivity index (χ0n) is 9.36. The molecule has 1 amide bonds. The van der Waals surface area contributed by atoms with Crippen molar-refractivity contribution in [1.29, 1.82) is 0 Å². The predicted molar refractivity (Wildman–Crippen MR) is 67.0 cm³/mol. The van der Waals surface area contributed by atoms with Crippen LogP contribution in [0.5, 0.6) is 0 Å². The third-order valence-electron chi connectivity index (χ3n) is 2.73. The van der Waals surface area contributed by atoms with Gasteiger partial charge in [-0.15, -0.1) is 0 Å². The minimum Gasteiger partial charge on any atom is -0.368 e. The molecule has 17 heavy (non-hydrogen) atoms. The van der Waals surface area contributed by atoms with Gasteiger partial charge in [0.2, 0.25) is 5.91 Å². The number of hydrogen-bond donors (Lipinski definition) is 2. The van der Waals surface area contributed by atoms with Crippen LogP contribution in [0.25, 0.3) is 0 Å². The number of rotatable bonds is 4. The van der Waals surface area contributed by atoms with Crippen molar-refractivity contribution in [2.75, 3.05) is 11.9 Å². The highest BCUT2D eigenvalue weighted by Crippen LogP contribution is 2.22. The molecule has 1 aliphatic carbocycles. The zero-order valence-corrected chi connectivity index (χ0v) is 10.1. The van der Waals surface area contributed by atoms with E-state index in [2.05, 4.69) is 5.32 Å². The number of nitrogens with one attached hydrogen (secondary N) is 1. The van der Waals surface area contributed by atoms with Gasteiger partial charge in [0.05, 0.1) is 16.8 Å². The highest BCUT2D eigenvalue weighted by molar-refractivity contribution is 6.33. The second kappa shape index (κ2) is 5.49. The average molecular weight is 255 g/mol. The molecule has 92 valence electrons. The summed E-state index contributed by atoms with van der Waals surface area (Å²) in [6, 6.07) is 7.33. The third-order valence-corrected chi connectivity index (χ3v) is 3.06. The molecule has 1 aromatic rings. The van der Waals surface area contributed by atoms with Crippen LogP contribution in [-0.4, -0.2) is 24.7 Å². The fourth-order valence-corrected chi connectivity index (χ4v) is 1.87. The Bertz CT molecular complexity index is 405. The van der Waals surface area contributed by atoms with Gasteiger partial charge >= 0.3 is 0 Å². The van der Waals surface area contributed by atoms with E-state index in [1.165, 1.54) is 0 Å². The number of hydrogen-bond acceptors (Lipinski definition) is 3. The molecule has 0 spiro atoms. The molecule has 5 heteroatoms. The Morgan fingerprint density at radius 3 is 2.82 bits per heavy atom. The van der Waals surface area contributed by atoms with Crippen LogP contribution in [0.1, 0.15) is 12.8 Å². The van der Waals surface area contributed by atoms with E-state index in [0.29, 0.717) is 10.7 Å². The molecule has 0 unspecified atom stereocenters. The quantitative estimate of drug-likeness (QED) is 0.861. The van der Waals surface area contributed by atoms with Crippen LogP contribution in [0.3, 0.4) is 0 Å². The molecule has 0 saturated heterocycles. The number of carbonyl (C=O) groups excluding carboxylic acids is 1. The van der Waals surface area contributed by atoms with Gasteiger partial charge in [-0.3, -0.25) is 4.79 Å². The molecular weight excluding hydrogens is 240 g/mol. The SMILES string of the molecule is NC1CC(OCC(=O)Nc2ccccc2Cl)C1. The third kappa shape index (κ3) is 3.43. The van der Waals surface area contributed by atoms with Crippen LogP contribution in [-0.2, 0) is 9.53 Å². The highest BCUT2D eigenvalue weighted by atomic mass is 35.5. The molecule has 0 aliphatic heterocycles. The molecule has 1 fully saturated rings. The first kappa shape index (κ1) is 12.4. The Kier molecular flexibility index (Phi) is 3.99. The van der Waals surface area contributed by atoms with E-state index in [9.17, 15) is 4.79 Å². The summed E-state index contributed by atoms with van der Waals surface area (Å²) in [6.45, 7) is 0.0443. The summed E-state index contributed by atoms with van der Waals surface area (Å²) in [5, 5.41) is 3.22. The maximum absolute atomic E-state index is 11.6. The highest BCUT2D eigenvalue weighted by Gasteiger charge is 2.27. The average Bonchev–Trinajstić information content (AvgIpc) is 2.26. The van der Waals surface area contributed by atoms with Crippen molar-refractivity contribution >= 4 is 23.2 Å². The molecule has 0 heterocycles. The Hall–Kier alpha value is -1.10. The van der Waals surface area contributed by atoms with Gasteiger partial charge in [0, 0.05) is 6.04 Å². The summed E-state index contributed by atoms with van der Waals surface area (Å²) in [5.41, 5.74) is 6.23. The normalized spacial score (nSPS) is 22.9. The standard InChI is InChI=1S/C12H15ClN2O2/c13-10-3-1-2-4-11(10)15-12(16)7-17-9-5-8(14)6-9/h1-4,8-9H,5-7,14H2,(H,15,16). The van der Waals surface area contributed by atoms with Crippen LogP contribution in [0.15, 0.2) is 24.3 Å². The number of para-hydroxylation sites is 1. The van der Waals surface area contributed by atoms with Gasteiger partial charge in [0.1, 0.15) is 6.61 Å². The summed E-state index contributed by atoms with van der Waals surface area (Å²) < 4.78 is 5.39. The van der Waals surface area contributed by atoms with Gasteiger partial charge in [0.15, 0.2) is 0 Å². The van der Waals surface area contributed by atoms with Crippen LogP contribution >= 0.6 is 11.6 Å². The maximum Gasteiger partial charge on any atom is 0.250 e. The lowest BCUT2D eigenvalue weighted by Crippen LogP contribution is -2.42. The van der Waals surface area contributed by atoms with Crippen molar-refractivity contribution in [2.45, 2.75) is 25.0 Å². The van der Waals surface area contributed by atoms with Crippen molar-refractivity contribution in [2.24, 2.45) is 5.73 Å². The molecule has 0 atom stereocenters. The number of nitrogens with two attached hydrogens (primary N) is 1. The van der Waals surface area contributed by atoms with Crippen molar-refractivity contribution in [3.05, 3.63) is 29.3 Å². The number of ether oxygens (including phenoxy) is 1. The molecule has 4 nitrogen and oxygen atoms in total. The smallest absolute Gasteiger partial charge is 0.250 e. The van der Waals surface area contributed by atoms with Gasteiger partial charge in [-0.2, -0.15) is 0 Å². The fraction of sp³-hybridized carbons (Fsp3) is 0.417. The fourth-order valence-electron chi connectivity index (χ4n) is 1.68. The van der Waals surface area contributed by atoms with E-state index in [1.807, 2.05) is 12.1 Å². The van der Waals surface area contributed by atoms with Crippen molar-refractivity contribution < 1.29 is 9.53 Å². The van der Waals surface area contributed by atoms with Gasteiger partial charge in [-0.25, -0.2) is 0 Å². The van der Waals surface area contributed by atoms with Gasteiger partial charge in [-0.05, 0) is 25.0 Å². The van der Waals surface area contributed by atoms with E-state index in [4.69, 9.17) is 22.1 Å². The number of anilines is 1. The molecule has 0 radical (unpaired) electrons. The minimum absolute atomic E-state index is 0.0443. The van der Waals surface area contributed by atoms with Crippen molar-refractivity contribution in [1.82, 2.24) is 0 Å². The molecule has 2 rings (SSSR count). The molecule has 0 aromatic heterocycles. The second-order valence-corrected chi connectivity index (χ2v) is 4.60. The zero-order chi connectivity index (χ0) is 12.3. The first-order valence-corrected chi connectivity index (χ1v) is 5.94. The maximum atomic E-state index is 11.6. The number of carbonyl (C=O) groups is 1. The van der Waals surface area contributed by atoms with E-state index >= 15 is 0 Å². The summed E-state index contributed by atoms with van der Waals surface area (Å²) in [7, 11) is 0. The lowest BCUT2D eigenvalue weighted by atomic mass is 9.90. The van der Waals surface area contributed by atoms with Crippen LogP contribution in [0.2, 0.25) is 5.02 Å². The first-order valence-electron chi connectivity index (χ1n) is 5.56. The van der Waals surface area contributed by atoms with Crippen LogP contribution in [0, 0.1) is 0 Å². The minimum atomic E-state index is -0.196. The number of amides is 1. The number of halogens is 1. The van der Waals surface area contributed by atoms with Gasteiger partial charge < -0.3 is 15.8 Å². The van der Waals surface area contributed by atoms with Crippen LogP contribution < -0.4 is 11.1 Å². The Morgan fingerprint density at radius 1 is 1.47 bits per heavy atom. The molecular formula is C12H15ClN2O2. The van der Waals surface area contributed by atoms with Crippen molar-refractivity contribution in [3.8, 4) is 0 Å². The van der Waals surface area contributed by atoms with E-state index in [1.54, 1.807) is 12.1 Å². The molecule has 0 bridgehead atoms. The second-order valence-electron chi connectivity index (χ2n) is 4.19.